The van der Waals surface area contributed by atoms with Crippen molar-refractivity contribution in [3.05, 3.63) is 82.7 Å². The number of hydrogen-bond donors (Lipinski definition) is 1. The summed E-state index contributed by atoms with van der Waals surface area (Å²) in [7, 11) is 3.38. The first-order valence-corrected chi connectivity index (χ1v) is 13.2. The normalized spacial score (nSPS) is 17.3. The molecule has 1 heterocycles. The highest BCUT2D eigenvalue weighted by Crippen LogP contribution is 2.39. The highest BCUT2D eigenvalue weighted by Gasteiger charge is 2.23. The number of rotatable bonds is 6. The van der Waals surface area contributed by atoms with Gasteiger partial charge in [-0.25, -0.2) is 4.39 Å². The molecular formula is C32H35FN2O2. The minimum atomic E-state index is -0.305. The van der Waals surface area contributed by atoms with E-state index in [1.54, 1.807) is 20.3 Å². The van der Waals surface area contributed by atoms with E-state index in [1.165, 1.54) is 42.0 Å². The van der Waals surface area contributed by atoms with Gasteiger partial charge in [0, 0.05) is 17.4 Å². The van der Waals surface area contributed by atoms with E-state index < -0.39 is 0 Å². The zero-order valence-electron chi connectivity index (χ0n) is 21.8. The van der Waals surface area contributed by atoms with Crippen LogP contribution >= 0.6 is 0 Å². The predicted molar refractivity (Wildman–Crippen MR) is 148 cm³/mol. The Balaban J connectivity index is 1.33. The van der Waals surface area contributed by atoms with Crippen molar-refractivity contribution in [1.82, 2.24) is 4.90 Å². The second kappa shape index (κ2) is 11.7. The fourth-order valence-electron chi connectivity index (χ4n) is 5.46. The number of nitrogens with one attached hydrogen (secondary N) is 1. The summed E-state index contributed by atoms with van der Waals surface area (Å²) in [4.78, 5) is 2.34. The van der Waals surface area contributed by atoms with Gasteiger partial charge < -0.3 is 14.8 Å². The Bertz CT molecular complexity index is 1300. The van der Waals surface area contributed by atoms with Crippen molar-refractivity contribution in [1.29, 1.82) is 0 Å². The lowest BCUT2D eigenvalue weighted by Gasteiger charge is -2.27. The Labute approximate surface area is 219 Å². The maximum atomic E-state index is 15.0. The van der Waals surface area contributed by atoms with E-state index in [4.69, 9.17) is 9.47 Å². The number of anilines is 2. The number of hydrogen-bond acceptors (Lipinski definition) is 4. The van der Waals surface area contributed by atoms with Crippen LogP contribution in [0.1, 0.15) is 53.9 Å². The topological polar surface area (TPSA) is 33.7 Å². The van der Waals surface area contributed by atoms with E-state index >= 15 is 0 Å². The van der Waals surface area contributed by atoms with Gasteiger partial charge >= 0.3 is 0 Å². The number of benzene rings is 3. The second-order valence-electron chi connectivity index (χ2n) is 9.99. The van der Waals surface area contributed by atoms with Crippen LogP contribution in [-0.2, 0) is 12.8 Å². The molecule has 1 atom stereocenters. The van der Waals surface area contributed by atoms with Gasteiger partial charge in [-0.05, 0) is 104 Å². The first kappa shape index (κ1) is 25.2. The molecule has 192 valence electrons. The van der Waals surface area contributed by atoms with Crippen LogP contribution in [-0.4, -0.2) is 38.8 Å². The van der Waals surface area contributed by atoms with Gasteiger partial charge in [-0.2, -0.15) is 0 Å². The lowest BCUT2D eigenvalue weighted by molar-refractivity contribution is 0.255. The van der Waals surface area contributed by atoms with Crippen molar-refractivity contribution in [2.24, 2.45) is 0 Å². The summed E-state index contributed by atoms with van der Waals surface area (Å²) in [5.41, 5.74) is 6.02. The van der Waals surface area contributed by atoms with Crippen molar-refractivity contribution in [2.75, 3.05) is 39.2 Å². The molecule has 1 fully saturated rings. The first-order valence-electron chi connectivity index (χ1n) is 13.2. The smallest absolute Gasteiger partial charge is 0.140 e. The quantitative estimate of drug-likeness (QED) is 0.384. The van der Waals surface area contributed by atoms with Gasteiger partial charge in [-0.1, -0.05) is 30.4 Å². The summed E-state index contributed by atoms with van der Waals surface area (Å²) in [5, 5.41) is 3.47. The van der Waals surface area contributed by atoms with E-state index in [9.17, 15) is 4.39 Å². The van der Waals surface area contributed by atoms with Crippen LogP contribution < -0.4 is 14.8 Å². The molecule has 0 amide bonds. The van der Waals surface area contributed by atoms with Crippen LogP contribution in [0.2, 0.25) is 0 Å². The summed E-state index contributed by atoms with van der Waals surface area (Å²) in [5.74, 6) is 7.92. The van der Waals surface area contributed by atoms with Crippen molar-refractivity contribution in [3.8, 4) is 23.3 Å². The Morgan fingerprint density at radius 3 is 2.49 bits per heavy atom. The Hall–Kier alpha value is -3.49. The first-order chi connectivity index (χ1) is 18.1. The molecule has 37 heavy (non-hydrogen) atoms. The predicted octanol–water partition coefficient (Wildman–Crippen LogP) is 6.70. The SMILES string of the molecule is COc1ccc2c(c1)CCC(c1ccc(OC)cc1Nc1ccc(C#CCN3CCCCC3)c(F)c1)C2. The summed E-state index contributed by atoms with van der Waals surface area (Å²) >= 11 is 0. The molecule has 5 rings (SSSR count). The Morgan fingerprint density at radius 1 is 0.919 bits per heavy atom. The van der Waals surface area contributed by atoms with Gasteiger partial charge in [0.05, 0.1) is 26.3 Å². The molecule has 4 nitrogen and oxygen atoms in total. The monoisotopic (exact) mass is 498 g/mol. The van der Waals surface area contributed by atoms with Crippen LogP contribution in [0.4, 0.5) is 15.8 Å². The maximum Gasteiger partial charge on any atom is 0.140 e. The van der Waals surface area contributed by atoms with Crippen LogP contribution in [0.25, 0.3) is 0 Å². The molecule has 1 saturated heterocycles. The number of aryl methyl sites for hydroxylation is 1. The molecule has 2 aliphatic rings. The summed E-state index contributed by atoms with van der Waals surface area (Å²) < 4.78 is 25.9. The van der Waals surface area contributed by atoms with Gasteiger partial charge in [-0.3, -0.25) is 4.90 Å². The second-order valence-corrected chi connectivity index (χ2v) is 9.99. The summed E-state index contributed by atoms with van der Waals surface area (Å²) in [6.07, 6.45) is 6.75. The summed E-state index contributed by atoms with van der Waals surface area (Å²) in [6.45, 7) is 2.87. The van der Waals surface area contributed by atoms with E-state index in [1.807, 2.05) is 24.3 Å². The number of methoxy groups -OCH3 is 2. The fraction of sp³-hybridized carbons (Fsp3) is 0.375. The highest BCUT2D eigenvalue weighted by molar-refractivity contribution is 5.67. The molecule has 0 aromatic heterocycles. The average Bonchev–Trinajstić information content (AvgIpc) is 2.94. The third kappa shape index (κ3) is 6.09. The van der Waals surface area contributed by atoms with Crippen LogP contribution in [0.5, 0.6) is 11.5 Å². The largest absolute Gasteiger partial charge is 0.497 e. The van der Waals surface area contributed by atoms with E-state index in [2.05, 4.69) is 40.3 Å². The molecule has 0 radical (unpaired) electrons. The van der Waals surface area contributed by atoms with Gasteiger partial charge in [0.15, 0.2) is 0 Å². The fourth-order valence-corrected chi connectivity index (χ4v) is 5.46. The molecule has 0 spiro atoms. The van der Waals surface area contributed by atoms with E-state index in [0.29, 0.717) is 23.7 Å². The molecule has 5 heteroatoms. The molecule has 1 aliphatic heterocycles. The van der Waals surface area contributed by atoms with Gasteiger partial charge in [0.2, 0.25) is 0 Å². The standard InChI is InChI=1S/C32H35FN2O2/c1-36-28-13-11-24-19-26(9-8-25(24)20-28)30-15-14-29(37-2)22-32(30)34-27-12-10-23(31(33)21-27)7-6-18-35-16-4-3-5-17-35/h10-15,20-22,26,34H,3-5,8-9,16-19H2,1-2H3. The number of nitrogens with zero attached hydrogens (tertiary/aromatic N) is 1. The van der Waals surface area contributed by atoms with Crippen molar-refractivity contribution in [3.63, 3.8) is 0 Å². The van der Waals surface area contributed by atoms with Crippen molar-refractivity contribution < 1.29 is 13.9 Å². The summed E-state index contributed by atoms with van der Waals surface area (Å²) in [6, 6.07) is 17.7. The third-order valence-corrected chi connectivity index (χ3v) is 7.56. The molecule has 1 unspecified atom stereocenters. The van der Waals surface area contributed by atoms with Crippen molar-refractivity contribution >= 4 is 11.4 Å². The minimum absolute atomic E-state index is 0.305. The average molecular weight is 499 g/mol. The van der Waals surface area contributed by atoms with Crippen LogP contribution in [0, 0.1) is 17.7 Å². The zero-order chi connectivity index (χ0) is 25.6. The molecular weight excluding hydrogens is 463 g/mol. The molecule has 0 bridgehead atoms. The number of halogens is 1. The number of piperidine rings is 1. The number of fused-ring (bicyclic) bond motifs is 1. The van der Waals surface area contributed by atoms with Gasteiger partial charge in [-0.15, -0.1) is 0 Å². The molecule has 3 aromatic rings. The molecule has 1 aliphatic carbocycles. The third-order valence-electron chi connectivity index (χ3n) is 7.56. The number of ether oxygens (including phenoxy) is 2. The Kier molecular flexibility index (Phi) is 7.96. The lowest BCUT2D eigenvalue weighted by atomic mass is 9.79. The molecule has 3 aromatic carbocycles. The molecule has 0 saturated carbocycles. The highest BCUT2D eigenvalue weighted by atomic mass is 19.1. The number of likely N-dealkylation sites (tertiary alicyclic amines) is 1. The van der Waals surface area contributed by atoms with Crippen LogP contribution in [0.15, 0.2) is 54.6 Å². The lowest BCUT2D eigenvalue weighted by Crippen LogP contribution is -2.29. The van der Waals surface area contributed by atoms with Crippen LogP contribution in [0.3, 0.4) is 0 Å². The van der Waals surface area contributed by atoms with Crippen molar-refractivity contribution in [2.45, 2.75) is 44.4 Å². The zero-order valence-corrected chi connectivity index (χ0v) is 21.8. The van der Waals surface area contributed by atoms with Gasteiger partial charge in [0.1, 0.15) is 17.3 Å². The van der Waals surface area contributed by atoms with Gasteiger partial charge in [0.25, 0.3) is 0 Å². The Morgan fingerprint density at radius 2 is 1.70 bits per heavy atom. The maximum absolute atomic E-state index is 15.0. The van der Waals surface area contributed by atoms with E-state index in [-0.39, 0.29) is 5.82 Å². The minimum Gasteiger partial charge on any atom is -0.497 e. The van der Waals surface area contributed by atoms with E-state index in [0.717, 1.165) is 49.5 Å². The molecule has 1 N–H and O–H groups in total.